The van der Waals surface area contributed by atoms with Gasteiger partial charge in [-0.15, -0.1) is 0 Å². The van der Waals surface area contributed by atoms with E-state index in [4.69, 9.17) is 21.1 Å². The van der Waals surface area contributed by atoms with Crippen molar-refractivity contribution in [1.29, 1.82) is 0 Å². The van der Waals surface area contributed by atoms with Crippen LogP contribution in [0.2, 0.25) is 0 Å². The molecular weight excluding hydrogens is 271 g/mol. The molecule has 0 bridgehead atoms. The van der Waals surface area contributed by atoms with Crippen molar-refractivity contribution in [1.82, 2.24) is 0 Å². The first-order valence-electron chi connectivity index (χ1n) is 3.72. The Kier molecular flexibility index (Phi) is 3.77. The maximum atomic E-state index is 11.1. The van der Waals surface area contributed by atoms with Crippen molar-refractivity contribution in [3.63, 3.8) is 0 Å². The van der Waals surface area contributed by atoms with Crippen LogP contribution in [0.4, 0.5) is 0 Å². The summed E-state index contributed by atoms with van der Waals surface area (Å²) >= 11 is 8.67. The van der Waals surface area contributed by atoms with Crippen molar-refractivity contribution in [2.75, 3.05) is 14.2 Å². The maximum absolute atomic E-state index is 11.1. The van der Waals surface area contributed by atoms with Crippen LogP contribution in [0.15, 0.2) is 16.6 Å². The first-order valence-corrected chi connectivity index (χ1v) is 4.89. The highest BCUT2D eigenvalue weighted by Crippen LogP contribution is 2.36. The van der Waals surface area contributed by atoms with Crippen molar-refractivity contribution in [2.24, 2.45) is 0 Å². The molecule has 0 spiro atoms. The predicted molar refractivity (Wildman–Crippen MR) is 57.4 cm³/mol. The van der Waals surface area contributed by atoms with Gasteiger partial charge in [-0.3, -0.25) is 4.79 Å². The monoisotopic (exact) mass is 278 g/mol. The van der Waals surface area contributed by atoms with Crippen molar-refractivity contribution in [3.05, 3.63) is 22.2 Å². The molecule has 0 atom stereocenters. The SMILES string of the molecule is COc1ccc(Br)c(OC)c1C(=O)Cl. The van der Waals surface area contributed by atoms with Crippen molar-refractivity contribution in [3.8, 4) is 11.5 Å². The third-order valence-electron chi connectivity index (χ3n) is 1.69. The van der Waals surface area contributed by atoms with E-state index in [0.717, 1.165) is 0 Å². The Morgan fingerprint density at radius 2 is 2.00 bits per heavy atom. The molecule has 5 heteroatoms. The Bertz CT molecular complexity index is 365. The number of methoxy groups -OCH3 is 2. The van der Waals surface area contributed by atoms with Gasteiger partial charge in [0.15, 0.2) is 0 Å². The van der Waals surface area contributed by atoms with Gasteiger partial charge in [0.2, 0.25) is 0 Å². The highest BCUT2D eigenvalue weighted by Gasteiger charge is 2.18. The van der Waals surface area contributed by atoms with E-state index in [1.165, 1.54) is 14.2 Å². The second-order valence-electron chi connectivity index (χ2n) is 2.43. The van der Waals surface area contributed by atoms with Gasteiger partial charge in [0, 0.05) is 0 Å². The number of halogens is 2. The van der Waals surface area contributed by atoms with Crippen LogP contribution in [0.25, 0.3) is 0 Å². The zero-order valence-electron chi connectivity index (χ0n) is 7.64. The minimum absolute atomic E-state index is 0.228. The Morgan fingerprint density at radius 3 is 2.43 bits per heavy atom. The molecule has 1 rings (SSSR count). The molecule has 14 heavy (non-hydrogen) atoms. The average molecular weight is 280 g/mol. The zero-order valence-corrected chi connectivity index (χ0v) is 9.98. The zero-order chi connectivity index (χ0) is 10.7. The normalized spacial score (nSPS) is 9.71. The second-order valence-corrected chi connectivity index (χ2v) is 3.63. The van der Waals surface area contributed by atoms with E-state index in [-0.39, 0.29) is 5.56 Å². The van der Waals surface area contributed by atoms with E-state index in [1.54, 1.807) is 12.1 Å². The molecule has 0 amide bonds. The fourth-order valence-corrected chi connectivity index (χ4v) is 1.77. The number of hydrogen-bond donors (Lipinski definition) is 0. The molecule has 0 aliphatic rings. The fourth-order valence-electron chi connectivity index (χ4n) is 1.09. The Hall–Kier alpha value is -0.740. The van der Waals surface area contributed by atoms with Gasteiger partial charge < -0.3 is 9.47 Å². The largest absolute Gasteiger partial charge is 0.496 e. The smallest absolute Gasteiger partial charge is 0.259 e. The summed E-state index contributed by atoms with van der Waals surface area (Å²) in [5.74, 6) is 0.773. The molecular formula is C9H8BrClO3. The lowest BCUT2D eigenvalue weighted by Gasteiger charge is -2.11. The Labute approximate surface area is 95.1 Å². The molecule has 0 aliphatic heterocycles. The highest BCUT2D eigenvalue weighted by atomic mass is 79.9. The number of benzene rings is 1. The highest BCUT2D eigenvalue weighted by molar-refractivity contribution is 9.10. The van der Waals surface area contributed by atoms with Crippen molar-refractivity contribution in [2.45, 2.75) is 0 Å². The van der Waals surface area contributed by atoms with Gasteiger partial charge in [0.05, 0.1) is 18.7 Å². The number of carbonyl (C=O) groups is 1. The van der Waals surface area contributed by atoms with Crippen LogP contribution < -0.4 is 9.47 Å². The van der Waals surface area contributed by atoms with Gasteiger partial charge in [-0.2, -0.15) is 0 Å². The van der Waals surface area contributed by atoms with Crippen LogP contribution in [-0.4, -0.2) is 19.5 Å². The summed E-state index contributed by atoms with van der Waals surface area (Å²) in [7, 11) is 2.93. The molecule has 0 saturated carbocycles. The van der Waals surface area contributed by atoms with E-state index < -0.39 is 5.24 Å². The third kappa shape index (κ3) is 2.01. The third-order valence-corrected chi connectivity index (χ3v) is 2.51. The lowest BCUT2D eigenvalue weighted by molar-refractivity contribution is 0.107. The molecule has 0 N–H and O–H groups in total. The van der Waals surface area contributed by atoms with E-state index in [2.05, 4.69) is 15.9 Å². The predicted octanol–water partition coefficient (Wildman–Crippen LogP) is 2.85. The van der Waals surface area contributed by atoms with Gasteiger partial charge in [0.1, 0.15) is 17.1 Å². The molecule has 0 unspecified atom stereocenters. The summed E-state index contributed by atoms with van der Waals surface area (Å²) in [6.07, 6.45) is 0. The molecule has 1 aromatic carbocycles. The molecule has 0 heterocycles. The summed E-state index contributed by atoms with van der Waals surface area (Å²) in [6, 6.07) is 3.36. The molecule has 1 aromatic rings. The summed E-state index contributed by atoms with van der Waals surface area (Å²) in [4.78, 5) is 11.1. The summed E-state index contributed by atoms with van der Waals surface area (Å²) < 4.78 is 10.7. The Balaban J connectivity index is 3.43. The van der Waals surface area contributed by atoms with Crippen LogP contribution in [0.5, 0.6) is 11.5 Å². The van der Waals surface area contributed by atoms with Gasteiger partial charge >= 0.3 is 0 Å². The molecule has 3 nitrogen and oxygen atoms in total. The van der Waals surface area contributed by atoms with Crippen LogP contribution in [0.1, 0.15) is 10.4 Å². The van der Waals surface area contributed by atoms with Gasteiger partial charge in [0.25, 0.3) is 5.24 Å². The molecule has 0 aromatic heterocycles. The van der Waals surface area contributed by atoms with E-state index in [0.29, 0.717) is 16.0 Å². The van der Waals surface area contributed by atoms with Crippen LogP contribution in [0, 0.1) is 0 Å². The van der Waals surface area contributed by atoms with Crippen LogP contribution >= 0.6 is 27.5 Å². The first-order chi connectivity index (χ1) is 6.61. The quantitative estimate of drug-likeness (QED) is 0.798. The lowest BCUT2D eigenvalue weighted by Crippen LogP contribution is -2.00. The molecule has 76 valence electrons. The topological polar surface area (TPSA) is 35.5 Å². The number of carbonyl (C=O) groups excluding carboxylic acids is 1. The van der Waals surface area contributed by atoms with E-state index in [1.807, 2.05) is 0 Å². The number of hydrogen-bond acceptors (Lipinski definition) is 3. The van der Waals surface area contributed by atoms with Crippen molar-refractivity contribution < 1.29 is 14.3 Å². The second kappa shape index (κ2) is 4.66. The minimum Gasteiger partial charge on any atom is -0.496 e. The standard InChI is InChI=1S/C9H8BrClO3/c1-13-6-4-3-5(10)8(14-2)7(6)9(11)12/h3-4H,1-2H3. The molecule has 0 aliphatic carbocycles. The number of rotatable bonds is 3. The Morgan fingerprint density at radius 1 is 1.36 bits per heavy atom. The average Bonchev–Trinajstić information content (AvgIpc) is 2.17. The maximum Gasteiger partial charge on any atom is 0.259 e. The molecule has 0 saturated heterocycles. The van der Waals surface area contributed by atoms with Gasteiger partial charge in [-0.05, 0) is 39.7 Å². The summed E-state index contributed by atoms with van der Waals surface area (Å²) in [5, 5.41) is -0.611. The molecule has 0 fully saturated rings. The summed E-state index contributed by atoms with van der Waals surface area (Å²) in [5.41, 5.74) is 0.228. The van der Waals surface area contributed by atoms with E-state index >= 15 is 0 Å². The fraction of sp³-hybridized carbons (Fsp3) is 0.222. The van der Waals surface area contributed by atoms with Gasteiger partial charge in [-0.1, -0.05) is 0 Å². The van der Waals surface area contributed by atoms with Crippen LogP contribution in [0.3, 0.4) is 0 Å². The van der Waals surface area contributed by atoms with Crippen LogP contribution in [-0.2, 0) is 0 Å². The number of ether oxygens (including phenoxy) is 2. The molecule has 0 radical (unpaired) electrons. The van der Waals surface area contributed by atoms with E-state index in [9.17, 15) is 4.79 Å². The lowest BCUT2D eigenvalue weighted by atomic mass is 10.2. The minimum atomic E-state index is -0.611. The summed E-state index contributed by atoms with van der Waals surface area (Å²) in [6.45, 7) is 0. The van der Waals surface area contributed by atoms with Gasteiger partial charge in [-0.25, -0.2) is 0 Å². The first kappa shape index (κ1) is 11.3. The van der Waals surface area contributed by atoms with Crippen molar-refractivity contribution >= 4 is 32.8 Å².